The van der Waals surface area contributed by atoms with Crippen LogP contribution < -0.4 is 0 Å². The highest BCUT2D eigenvalue weighted by Gasteiger charge is 2.13. The van der Waals surface area contributed by atoms with Crippen LogP contribution in [0.5, 0.6) is 0 Å². The molecular formula is C11H8FNO3S. The Bertz CT molecular complexity index is 519. The fourth-order valence-corrected chi connectivity index (χ4v) is 1.35. The van der Waals surface area contributed by atoms with Gasteiger partial charge in [-0.25, -0.2) is 0 Å². The lowest BCUT2D eigenvalue weighted by molar-refractivity contribution is -0.387. The van der Waals surface area contributed by atoms with Gasteiger partial charge in [-0.3, -0.25) is 14.9 Å². The Balaban J connectivity index is 2.82. The molecule has 1 aromatic carbocycles. The van der Waals surface area contributed by atoms with Crippen LogP contribution in [0.1, 0.15) is 12.5 Å². The van der Waals surface area contributed by atoms with E-state index in [1.807, 2.05) is 0 Å². The minimum atomic E-state index is -0.890. The van der Waals surface area contributed by atoms with Gasteiger partial charge in [-0.15, -0.1) is 0 Å². The number of nitro groups is 1. The Kier molecular flexibility index (Phi) is 4.67. The SMILES string of the molecule is CC(=O)SCC#Cc1ccc(F)c([N+](=O)[O-])c1. The highest BCUT2D eigenvalue weighted by Crippen LogP contribution is 2.17. The molecule has 88 valence electrons. The summed E-state index contributed by atoms with van der Waals surface area (Å²) >= 11 is 1.04. The molecule has 0 unspecified atom stereocenters. The lowest BCUT2D eigenvalue weighted by atomic mass is 10.2. The van der Waals surface area contributed by atoms with Crippen molar-refractivity contribution in [3.05, 3.63) is 39.7 Å². The quantitative estimate of drug-likeness (QED) is 0.461. The summed E-state index contributed by atoms with van der Waals surface area (Å²) in [5.41, 5.74) is -0.252. The molecule has 0 heterocycles. The number of nitrogens with zero attached hydrogens (tertiary/aromatic N) is 1. The lowest BCUT2D eigenvalue weighted by Gasteiger charge is -1.94. The second kappa shape index (κ2) is 6.01. The number of thioether (sulfide) groups is 1. The predicted molar refractivity (Wildman–Crippen MR) is 63.1 cm³/mol. The molecule has 1 aromatic rings. The van der Waals surface area contributed by atoms with Gasteiger partial charge in [0, 0.05) is 18.6 Å². The molecule has 0 fully saturated rings. The van der Waals surface area contributed by atoms with Gasteiger partial charge in [-0.05, 0) is 12.1 Å². The lowest BCUT2D eigenvalue weighted by Crippen LogP contribution is -1.93. The van der Waals surface area contributed by atoms with Crippen molar-refractivity contribution in [2.24, 2.45) is 0 Å². The fourth-order valence-electron chi connectivity index (χ4n) is 1.01. The number of nitro benzene ring substituents is 1. The Morgan fingerprint density at radius 1 is 1.59 bits per heavy atom. The molecule has 0 bridgehead atoms. The molecule has 0 saturated heterocycles. The molecule has 6 heteroatoms. The van der Waals surface area contributed by atoms with Crippen molar-refractivity contribution in [1.29, 1.82) is 0 Å². The van der Waals surface area contributed by atoms with E-state index in [2.05, 4.69) is 11.8 Å². The summed E-state index contributed by atoms with van der Waals surface area (Å²) in [6.45, 7) is 1.43. The number of carbonyl (C=O) groups excluding carboxylic acids is 1. The van der Waals surface area contributed by atoms with Gasteiger partial charge in [-0.1, -0.05) is 23.6 Å². The first-order valence-corrected chi connectivity index (χ1v) is 5.55. The van der Waals surface area contributed by atoms with Crippen molar-refractivity contribution in [2.75, 3.05) is 5.75 Å². The number of hydrogen-bond acceptors (Lipinski definition) is 4. The normalized spacial score (nSPS) is 9.29. The number of benzene rings is 1. The van der Waals surface area contributed by atoms with Crippen LogP contribution in [0.4, 0.5) is 10.1 Å². The minimum Gasteiger partial charge on any atom is -0.288 e. The van der Waals surface area contributed by atoms with E-state index in [9.17, 15) is 19.3 Å². The molecular weight excluding hydrogens is 245 g/mol. The van der Waals surface area contributed by atoms with Gasteiger partial charge in [0.2, 0.25) is 5.82 Å². The maximum absolute atomic E-state index is 13.0. The molecule has 0 saturated carbocycles. The largest absolute Gasteiger partial charge is 0.306 e. The second-order valence-corrected chi connectivity index (χ2v) is 4.16. The van der Waals surface area contributed by atoms with Crippen molar-refractivity contribution in [3.8, 4) is 11.8 Å². The van der Waals surface area contributed by atoms with E-state index in [1.54, 1.807) is 0 Å². The van der Waals surface area contributed by atoms with E-state index < -0.39 is 16.4 Å². The summed E-state index contributed by atoms with van der Waals surface area (Å²) in [5.74, 6) is 4.71. The van der Waals surface area contributed by atoms with Gasteiger partial charge in [0.05, 0.1) is 10.7 Å². The molecule has 0 aliphatic rings. The Morgan fingerprint density at radius 3 is 2.88 bits per heavy atom. The van der Waals surface area contributed by atoms with Gasteiger partial charge in [0.15, 0.2) is 5.12 Å². The first-order valence-electron chi connectivity index (χ1n) is 4.57. The van der Waals surface area contributed by atoms with Crippen LogP contribution >= 0.6 is 11.8 Å². The zero-order valence-electron chi connectivity index (χ0n) is 8.90. The van der Waals surface area contributed by atoms with Crippen LogP contribution in [-0.4, -0.2) is 15.8 Å². The zero-order chi connectivity index (χ0) is 12.8. The number of halogens is 1. The molecule has 1 rings (SSSR count). The zero-order valence-corrected chi connectivity index (χ0v) is 9.71. The van der Waals surface area contributed by atoms with Gasteiger partial charge >= 0.3 is 5.69 Å². The molecule has 0 spiro atoms. The summed E-state index contributed by atoms with van der Waals surface area (Å²) in [7, 11) is 0. The van der Waals surface area contributed by atoms with Crippen LogP contribution in [-0.2, 0) is 4.79 Å². The highest BCUT2D eigenvalue weighted by atomic mass is 32.2. The Hall–Kier alpha value is -1.87. The minimum absolute atomic E-state index is 0.0515. The van der Waals surface area contributed by atoms with Crippen LogP contribution in [0.2, 0.25) is 0 Å². The van der Waals surface area contributed by atoms with Crippen molar-refractivity contribution >= 4 is 22.6 Å². The van der Waals surface area contributed by atoms with Crippen LogP contribution in [0.25, 0.3) is 0 Å². The van der Waals surface area contributed by atoms with Crippen molar-refractivity contribution in [2.45, 2.75) is 6.92 Å². The molecule has 0 N–H and O–H groups in total. The highest BCUT2D eigenvalue weighted by molar-refractivity contribution is 8.13. The van der Waals surface area contributed by atoms with Gasteiger partial charge in [-0.2, -0.15) is 4.39 Å². The van der Waals surface area contributed by atoms with Gasteiger partial charge < -0.3 is 0 Å². The first-order chi connectivity index (χ1) is 8.00. The third-order valence-corrected chi connectivity index (χ3v) is 2.42. The third-order valence-electron chi connectivity index (χ3n) is 1.72. The number of hydrogen-bond donors (Lipinski definition) is 0. The van der Waals surface area contributed by atoms with E-state index >= 15 is 0 Å². The third kappa shape index (κ3) is 4.25. The van der Waals surface area contributed by atoms with E-state index in [1.165, 1.54) is 13.0 Å². The topological polar surface area (TPSA) is 60.2 Å². The average molecular weight is 253 g/mol. The number of rotatable bonds is 2. The molecule has 0 amide bonds. The summed E-state index contributed by atoms with van der Waals surface area (Å²) in [4.78, 5) is 20.3. The summed E-state index contributed by atoms with van der Waals surface area (Å²) in [5, 5.41) is 10.4. The molecule has 17 heavy (non-hydrogen) atoms. The molecule has 0 aliphatic heterocycles. The maximum atomic E-state index is 13.0. The molecule has 0 aromatic heterocycles. The Labute approximate surface area is 101 Å². The summed E-state index contributed by atoms with van der Waals surface area (Å²) in [6, 6.07) is 3.43. The smallest absolute Gasteiger partial charge is 0.288 e. The van der Waals surface area contributed by atoms with Gasteiger partial charge in [0.1, 0.15) is 0 Å². The molecule has 0 radical (unpaired) electrons. The fraction of sp³-hybridized carbons (Fsp3) is 0.182. The van der Waals surface area contributed by atoms with Gasteiger partial charge in [0.25, 0.3) is 0 Å². The van der Waals surface area contributed by atoms with Crippen molar-refractivity contribution < 1.29 is 14.1 Å². The van der Waals surface area contributed by atoms with Crippen molar-refractivity contribution in [3.63, 3.8) is 0 Å². The molecule has 4 nitrogen and oxygen atoms in total. The van der Waals surface area contributed by atoms with Crippen LogP contribution in [0.15, 0.2) is 18.2 Å². The monoisotopic (exact) mass is 253 g/mol. The standard InChI is InChI=1S/C11H8FNO3S/c1-8(14)17-6-2-3-9-4-5-10(12)11(7-9)13(15)16/h4-5,7H,6H2,1H3. The van der Waals surface area contributed by atoms with E-state index in [-0.39, 0.29) is 5.12 Å². The number of carbonyl (C=O) groups is 1. The van der Waals surface area contributed by atoms with Crippen LogP contribution in [0.3, 0.4) is 0 Å². The van der Waals surface area contributed by atoms with Crippen LogP contribution in [0, 0.1) is 27.8 Å². The van der Waals surface area contributed by atoms with Crippen molar-refractivity contribution in [1.82, 2.24) is 0 Å². The summed E-state index contributed by atoms with van der Waals surface area (Å²) in [6.07, 6.45) is 0. The molecule has 0 aliphatic carbocycles. The maximum Gasteiger partial charge on any atom is 0.306 e. The molecule has 0 atom stereocenters. The average Bonchev–Trinajstić information content (AvgIpc) is 2.25. The Morgan fingerprint density at radius 2 is 2.29 bits per heavy atom. The van der Waals surface area contributed by atoms with E-state index in [0.717, 1.165) is 23.9 Å². The second-order valence-electron chi connectivity index (χ2n) is 3.01. The predicted octanol–water partition coefficient (Wildman–Crippen LogP) is 2.37. The summed E-state index contributed by atoms with van der Waals surface area (Å²) < 4.78 is 13.0. The first kappa shape index (κ1) is 13.2. The van der Waals surface area contributed by atoms with E-state index in [0.29, 0.717) is 11.3 Å². The van der Waals surface area contributed by atoms with E-state index in [4.69, 9.17) is 0 Å².